The van der Waals surface area contributed by atoms with Crippen LogP contribution in [0, 0.1) is 0 Å². The van der Waals surface area contributed by atoms with Crippen molar-refractivity contribution in [2.75, 3.05) is 19.0 Å². The Morgan fingerprint density at radius 3 is 2.82 bits per heavy atom. The maximum atomic E-state index is 12.0. The molecule has 0 aliphatic carbocycles. The molecule has 3 heterocycles. The summed E-state index contributed by atoms with van der Waals surface area (Å²) in [6.45, 7) is 0.0855. The van der Waals surface area contributed by atoms with Crippen molar-refractivity contribution in [1.82, 2.24) is 24.8 Å². The number of carbonyl (C=O) groups excluding carboxylic acids is 2. The van der Waals surface area contributed by atoms with Gasteiger partial charge >= 0.3 is 0 Å². The Morgan fingerprint density at radius 2 is 2.06 bits per heavy atom. The number of aliphatic hydroxyl groups excluding tert-OH is 1. The highest BCUT2D eigenvalue weighted by Gasteiger charge is 2.46. The summed E-state index contributed by atoms with van der Waals surface area (Å²) >= 11 is 0. The van der Waals surface area contributed by atoms with Crippen LogP contribution in [0.1, 0.15) is 11.8 Å². The number of ether oxygens (including phenoxy) is 2. The number of fused-ring (bicyclic) bond motifs is 1. The molecule has 1 aliphatic heterocycles. The Hall–Kier alpha value is -3.81. The molecule has 1 aromatic carbocycles. The lowest BCUT2D eigenvalue weighted by Gasteiger charge is -2.16. The molecule has 4 atom stereocenters. The highest BCUT2D eigenvalue weighted by molar-refractivity contribution is 5.83. The average molecular weight is 456 g/mol. The van der Waals surface area contributed by atoms with Crippen molar-refractivity contribution >= 4 is 28.8 Å². The molecule has 3 aromatic rings. The van der Waals surface area contributed by atoms with E-state index in [9.17, 15) is 14.7 Å². The number of nitrogens with one attached hydrogen (secondary N) is 2. The van der Waals surface area contributed by atoms with Gasteiger partial charge in [-0.25, -0.2) is 15.0 Å². The molecule has 4 rings (SSSR count). The van der Waals surface area contributed by atoms with Crippen LogP contribution in [-0.2, 0) is 20.9 Å². The number of amides is 2. The third kappa shape index (κ3) is 4.41. The van der Waals surface area contributed by atoms with E-state index in [2.05, 4.69) is 25.6 Å². The molecule has 0 spiro atoms. The molecule has 0 radical (unpaired) electrons. The van der Waals surface area contributed by atoms with Crippen LogP contribution in [0.2, 0.25) is 0 Å². The van der Waals surface area contributed by atoms with E-state index in [0.717, 1.165) is 5.56 Å². The molecular weight excluding hydrogens is 432 g/mol. The molecule has 0 bridgehead atoms. The van der Waals surface area contributed by atoms with Crippen LogP contribution in [0.4, 0.5) is 5.82 Å². The number of nitrogens with zero attached hydrogens (tertiary/aromatic N) is 4. The first-order valence-corrected chi connectivity index (χ1v) is 10.1. The number of rotatable bonds is 8. The molecule has 174 valence electrons. The molecular formula is C20H24N8O5. The fourth-order valence-corrected chi connectivity index (χ4v) is 3.59. The highest BCUT2D eigenvalue weighted by Crippen LogP contribution is 2.31. The largest absolute Gasteiger partial charge is 0.483 e. The summed E-state index contributed by atoms with van der Waals surface area (Å²) < 4.78 is 12.7. The third-order valence-electron chi connectivity index (χ3n) is 5.25. The number of benzene rings is 1. The van der Waals surface area contributed by atoms with Crippen LogP contribution in [0.15, 0.2) is 36.9 Å². The minimum absolute atomic E-state index is 0.234. The molecule has 0 unspecified atom stereocenters. The summed E-state index contributed by atoms with van der Waals surface area (Å²) in [5, 5.41) is 16.2. The van der Waals surface area contributed by atoms with Gasteiger partial charge in [0.25, 0.3) is 11.8 Å². The van der Waals surface area contributed by atoms with Crippen LogP contribution in [-0.4, -0.2) is 68.3 Å². The number of nitrogens with two attached hydrogens (primary N) is 2. The second-order valence-corrected chi connectivity index (χ2v) is 7.39. The van der Waals surface area contributed by atoms with Crippen LogP contribution < -0.4 is 26.8 Å². The standard InChI is InChI=1S/C20H24N8O5/c1-23-19(31)16-13(22)15(30)20(33-16)28-9-27-14-17(25-8-26-18(14)28)24-6-10-4-2-3-5-11(10)32-7-12(21)29/h2-5,8-9,13,15-16,20,30H,6-7,22H2,1H3,(H2,21,29)(H,23,31)(H,24,25,26)/t13-,15+,16-,20+/m0/s1. The van der Waals surface area contributed by atoms with Crippen molar-refractivity contribution < 1.29 is 24.2 Å². The maximum absolute atomic E-state index is 12.0. The van der Waals surface area contributed by atoms with Gasteiger partial charge < -0.3 is 36.7 Å². The van der Waals surface area contributed by atoms with E-state index in [4.69, 9.17) is 20.9 Å². The van der Waals surface area contributed by atoms with Gasteiger partial charge in [0.05, 0.1) is 12.4 Å². The lowest BCUT2D eigenvalue weighted by Crippen LogP contribution is -2.46. The molecule has 2 amide bonds. The predicted molar refractivity (Wildman–Crippen MR) is 116 cm³/mol. The van der Waals surface area contributed by atoms with Crippen molar-refractivity contribution in [2.24, 2.45) is 11.5 Å². The normalized spacial score (nSPS) is 22.3. The first-order valence-electron chi connectivity index (χ1n) is 10.1. The second-order valence-electron chi connectivity index (χ2n) is 7.39. The van der Waals surface area contributed by atoms with Crippen LogP contribution in [0.25, 0.3) is 11.2 Å². The summed E-state index contributed by atoms with van der Waals surface area (Å²) in [5.41, 5.74) is 12.7. The Bertz CT molecular complexity index is 1170. The fraction of sp³-hybridized carbons (Fsp3) is 0.350. The van der Waals surface area contributed by atoms with Gasteiger partial charge in [-0.3, -0.25) is 14.2 Å². The number of imidazole rings is 1. The average Bonchev–Trinajstić information content (AvgIpc) is 3.37. The van der Waals surface area contributed by atoms with Gasteiger partial charge in [-0.05, 0) is 6.07 Å². The molecule has 1 saturated heterocycles. The zero-order valence-corrected chi connectivity index (χ0v) is 17.7. The van der Waals surface area contributed by atoms with E-state index in [1.54, 1.807) is 12.1 Å². The Morgan fingerprint density at radius 1 is 1.27 bits per heavy atom. The topological polar surface area (TPSA) is 193 Å². The third-order valence-corrected chi connectivity index (χ3v) is 5.25. The molecule has 1 fully saturated rings. The van der Waals surface area contributed by atoms with Gasteiger partial charge in [-0.2, -0.15) is 0 Å². The van der Waals surface area contributed by atoms with E-state index < -0.39 is 36.3 Å². The lowest BCUT2D eigenvalue weighted by molar-refractivity contribution is -0.134. The number of aliphatic hydroxyl groups is 1. The van der Waals surface area contributed by atoms with Crippen LogP contribution in [0.3, 0.4) is 0 Å². The van der Waals surface area contributed by atoms with Gasteiger partial charge in [0.15, 0.2) is 35.9 Å². The first-order chi connectivity index (χ1) is 15.9. The Balaban J connectivity index is 1.56. The van der Waals surface area contributed by atoms with Gasteiger partial charge in [-0.15, -0.1) is 0 Å². The lowest BCUT2D eigenvalue weighted by atomic mass is 10.1. The van der Waals surface area contributed by atoms with E-state index >= 15 is 0 Å². The van der Waals surface area contributed by atoms with Crippen molar-refractivity contribution in [3.05, 3.63) is 42.5 Å². The minimum atomic E-state index is -1.15. The number of aromatic nitrogens is 4. The predicted octanol–water partition coefficient (Wildman–Crippen LogP) is -1.37. The van der Waals surface area contributed by atoms with E-state index in [0.29, 0.717) is 29.3 Å². The van der Waals surface area contributed by atoms with Gasteiger partial charge in [0.1, 0.15) is 18.2 Å². The van der Waals surface area contributed by atoms with E-state index in [1.807, 2.05) is 12.1 Å². The Kier molecular flexibility index (Phi) is 6.35. The van der Waals surface area contributed by atoms with Crippen LogP contribution >= 0.6 is 0 Å². The summed E-state index contributed by atoms with van der Waals surface area (Å²) in [4.78, 5) is 35.9. The Labute approximate surface area is 188 Å². The number of carbonyl (C=O) groups is 2. The molecule has 1 aliphatic rings. The molecule has 0 saturated carbocycles. The van der Waals surface area contributed by atoms with Crippen molar-refractivity contribution in [1.29, 1.82) is 0 Å². The zero-order valence-electron chi connectivity index (χ0n) is 17.7. The highest BCUT2D eigenvalue weighted by atomic mass is 16.5. The first kappa shape index (κ1) is 22.4. The number of primary amides is 1. The van der Waals surface area contributed by atoms with Crippen LogP contribution in [0.5, 0.6) is 5.75 Å². The number of anilines is 1. The molecule has 13 nitrogen and oxygen atoms in total. The zero-order chi connectivity index (χ0) is 23.5. The summed E-state index contributed by atoms with van der Waals surface area (Å²) in [7, 11) is 1.47. The number of hydrogen-bond acceptors (Lipinski definition) is 10. The fourth-order valence-electron chi connectivity index (χ4n) is 3.59. The molecule has 33 heavy (non-hydrogen) atoms. The number of hydrogen-bond donors (Lipinski definition) is 5. The monoisotopic (exact) mass is 456 g/mol. The second kappa shape index (κ2) is 9.36. The minimum Gasteiger partial charge on any atom is -0.483 e. The van der Waals surface area contributed by atoms with E-state index in [1.165, 1.54) is 24.3 Å². The maximum Gasteiger partial charge on any atom is 0.255 e. The number of likely N-dealkylation sites (N-methyl/N-ethyl adjacent to an activating group) is 1. The SMILES string of the molecule is CNC(=O)[C@H]1O[C@@H](n2cnc3c(NCc4ccccc4OCC(N)=O)ncnc32)[C@H](O)[C@@H]1N. The van der Waals surface area contributed by atoms with Gasteiger partial charge in [0, 0.05) is 19.2 Å². The summed E-state index contributed by atoms with van der Waals surface area (Å²) in [6.07, 6.45) is -0.316. The summed E-state index contributed by atoms with van der Waals surface area (Å²) in [6, 6.07) is 6.28. The smallest absolute Gasteiger partial charge is 0.255 e. The molecule has 13 heteroatoms. The van der Waals surface area contributed by atoms with Crippen molar-refractivity contribution in [3.8, 4) is 5.75 Å². The van der Waals surface area contributed by atoms with Crippen molar-refractivity contribution in [3.63, 3.8) is 0 Å². The quantitative estimate of drug-likeness (QED) is 0.270. The van der Waals surface area contributed by atoms with E-state index in [-0.39, 0.29) is 6.61 Å². The molecule has 2 aromatic heterocycles. The van der Waals surface area contributed by atoms with Gasteiger partial charge in [-0.1, -0.05) is 18.2 Å². The molecule has 7 N–H and O–H groups in total. The van der Waals surface area contributed by atoms with Crippen molar-refractivity contribution in [2.45, 2.75) is 31.0 Å². The summed E-state index contributed by atoms with van der Waals surface area (Å²) in [5.74, 6) is -0.0578. The van der Waals surface area contributed by atoms with Gasteiger partial charge in [0.2, 0.25) is 0 Å². The number of para-hydroxylation sites is 1.